The highest BCUT2D eigenvalue weighted by molar-refractivity contribution is 5.85. The summed E-state index contributed by atoms with van der Waals surface area (Å²) in [5.74, 6) is -1.19. The SMILES string of the molecule is CCC1CNCCC1(C(=O)O)N(C)C(=O)OCC1c2ccccc2-c2ccccc21. The van der Waals surface area contributed by atoms with Gasteiger partial charge in [0.15, 0.2) is 0 Å². The second-order valence-corrected chi connectivity index (χ2v) is 8.15. The number of benzene rings is 2. The van der Waals surface area contributed by atoms with Gasteiger partial charge in [0.25, 0.3) is 0 Å². The van der Waals surface area contributed by atoms with Crippen molar-refractivity contribution in [3.63, 3.8) is 0 Å². The van der Waals surface area contributed by atoms with Crippen LogP contribution >= 0.6 is 0 Å². The van der Waals surface area contributed by atoms with E-state index in [0.717, 1.165) is 22.3 Å². The molecule has 158 valence electrons. The topological polar surface area (TPSA) is 78.9 Å². The van der Waals surface area contributed by atoms with Crippen molar-refractivity contribution in [2.75, 3.05) is 26.7 Å². The first-order valence-electron chi connectivity index (χ1n) is 10.5. The first-order valence-corrected chi connectivity index (χ1v) is 10.5. The zero-order valence-corrected chi connectivity index (χ0v) is 17.4. The number of carboxylic acid groups (broad SMARTS) is 1. The van der Waals surface area contributed by atoms with Crippen molar-refractivity contribution < 1.29 is 19.4 Å². The molecular formula is C24H28N2O4. The molecule has 1 heterocycles. The van der Waals surface area contributed by atoms with Gasteiger partial charge in [0.2, 0.25) is 0 Å². The minimum absolute atomic E-state index is 0.0504. The summed E-state index contributed by atoms with van der Waals surface area (Å²) in [6.45, 7) is 3.27. The Morgan fingerprint density at radius 3 is 2.30 bits per heavy atom. The standard InChI is InChI=1S/C24H28N2O4/c1-3-16-14-25-13-12-24(16,22(27)28)26(2)23(29)30-15-21-19-10-6-4-8-17(19)18-9-5-7-11-20(18)21/h4-11,16,21,25H,3,12-15H2,1-2H3,(H,27,28). The van der Waals surface area contributed by atoms with Crippen LogP contribution < -0.4 is 5.32 Å². The third kappa shape index (κ3) is 3.16. The van der Waals surface area contributed by atoms with Crippen molar-refractivity contribution in [3.8, 4) is 11.1 Å². The Kier molecular flexibility index (Phi) is 5.52. The molecule has 2 aromatic carbocycles. The fourth-order valence-electron chi connectivity index (χ4n) is 5.13. The fraction of sp³-hybridized carbons (Fsp3) is 0.417. The van der Waals surface area contributed by atoms with E-state index in [-0.39, 0.29) is 18.4 Å². The molecule has 0 saturated carbocycles. The van der Waals surface area contributed by atoms with E-state index in [1.807, 2.05) is 31.2 Å². The molecule has 2 aromatic rings. The Labute approximate surface area is 176 Å². The van der Waals surface area contributed by atoms with E-state index in [1.54, 1.807) is 7.05 Å². The molecule has 30 heavy (non-hydrogen) atoms. The van der Waals surface area contributed by atoms with Gasteiger partial charge in [-0.05, 0) is 41.6 Å². The van der Waals surface area contributed by atoms with Gasteiger partial charge in [-0.25, -0.2) is 9.59 Å². The highest BCUT2D eigenvalue weighted by Crippen LogP contribution is 2.44. The van der Waals surface area contributed by atoms with E-state index >= 15 is 0 Å². The molecule has 0 bridgehead atoms. The maximum Gasteiger partial charge on any atom is 0.410 e. The van der Waals surface area contributed by atoms with Gasteiger partial charge in [0.1, 0.15) is 12.1 Å². The lowest BCUT2D eigenvalue weighted by molar-refractivity contribution is -0.155. The quantitative estimate of drug-likeness (QED) is 0.789. The molecule has 0 radical (unpaired) electrons. The van der Waals surface area contributed by atoms with Crippen molar-refractivity contribution in [2.24, 2.45) is 5.92 Å². The van der Waals surface area contributed by atoms with E-state index in [0.29, 0.717) is 25.9 Å². The summed E-state index contributed by atoms with van der Waals surface area (Å²) in [6, 6.07) is 16.3. The maximum atomic E-state index is 13.0. The Morgan fingerprint density at radius 2 is 1.73 bits per heavy atom. The van der Waals surface area contributed by atoms with Gasteiger partial charge in [-0.2, -0.15) is 0 Å². The number of nitrogens with one attached hydrogen (secondary N) is 1. The third-order valence-electron chi connectivity index (χ3n) is 6.82. The molecule has 2 aliphatic rings. The molecular weight excluding hydrogens is 380 g/mol. The van der Waals surface area contributed by atoms with Crippen LogP contribution in [0.2, 0.25) is 0 Å². The number of likely N-dealkylation sites (N-methyl/N-ethyl adjacent to an activating group) is 1. The molecule has 4 rings (SSSR count). The second kappa shape index (κ2) is 8.11. The van der Waals surface area contributed by atoms with E-state index < -0.39 is 17.6 Å². The van der Waals surface area contributed by atoms with Crippen LogP contribution in [-0.4, -0.2) is 54.4 Å². The normalized spacial score (nSPS) is 22.8. The van der Waals surface area contributed by atoms with E-state index in [9.17, 15) is 14.7 Å². The monoisotopic (exact) mass is 408 g/mol. The third-order valence-corrected chi connectivity index (χ3v) is 6.82. The van der Waals surface area contributed by atoms with Crippen molar-refractivity contribution in [3.05, 3.63) is 59.7 Å². The number of nitrogens with zero attached hydrogens (tertiary/aromatic N) is 1. The van der Waals surface area contributed by atoms with Gasteiger partial charge >= 0.3 is 12.1 Å². The van der Waals surface area contributed by atoms with Gasteiger partial charge in [0, 0.05) is 25.4 Å². The molecule has 2 atom stereocenters. The summed E-state index contributed by atoms with van der Waals surface area (Å²) < 4.78 is 5.73. The number of carboxylic acids is 1. The van der Waals surface area contributed by atoms with Gasteiger partial charge in [0.05, 0.1) is 0 Å². The zero-order valence-electron chi connectivity index (χ0n) is 17.4. The highest BCUT2D eigenvalue weighted by atomic mass is 16.6. The van der Waals surface area contributed by atoms with Crippen LogP contribution in [0.1, 0.15) is 36.8 Å². The average molecular weight is 408 g/mol. The first-order chi connectivity index (χ1) is 14.5. The molecule has 0 spiro atoms. The predicted octanol–water partition coefficient (Wildman–Crippen LogP) is 3.71. The van der Waals surface area contributed by atoms with Gasteiger partial charge in [-0.1, -0.05) is 55.5 Å². The van der Waals surface area contributed by atoms with Crippen LogP contribution in [0.25, 0.3) is 11.1 Å². The zero-order chi connectivity index (χ0) is 21.3. The summed E-state index contributed by atoms with van der Waals surface area (Å²) >= 11 is 0. The molecule has 1 saturated heterocycles. The number of ether oxygens (including phenoxy) is 1. The molecule has 2 N–H and O–H groups in total. The lowest BCUT2D eigenvalue weighted by atomic mass is 9.76. The molecule has 2 unspecified atom stereocenters. The van der Waals surface area contributed by atoms with Crippen LogP contribution in [-0.2, 0) is 9.53 Å². The summed E-state index contributed by atoms with van der Waals surface area (Å²) in [5.41, 5.74) is 3.34. The number of hydrogen-bond acceptors (Lipinski definition) is 4. The highest BCUT2D eigenvalue weighted by Gasteiger charge is 2.52. The minimum Gasteiger partial charge on any atom is -0.479 e. The number of piperidine rings is 1. The Bertz CT molecular complexity index is 914. The molecule has 1 fully saturated rings. The number of aliphatic carboxylic acids is 1. The minimum atomic E-state index is -1.25. The van der Waals surface area contributed by atoms with E-state index in [4.69, 9.17) is 4.74 Å². The number of fused-ring (bicyclic) bond motifs is 3. The average Bonchev–Trinajstić information content (AvgIpc) is 3.10. The Morgan fingerprint density at radius 1 is 1.13 bits per heavy atom. The molecule has 1 aliphatic carbocycles. The van der Waals surface area contributed by atoms with E-state index in [1.165, 1.54) is 4.90 Å². The number of carbonyl (C=O) groups is 2. The second-order valence-electron chi connectivity index (χ2n) is 8.15. The maximum absolute atomic E-state index is 13.0. The molecule has 6 nitrogen and oxygen atoms in total. The van der Waals surface area contributed by atoms with Gasteiger partial charge in [-0.15, -0.1) is 0 Å². The van der Waals surface area contributed by atoms with Crippen molar-refractivity contribution in [1.29, 1.82) is 0 Å². The van der Waals surface area contributed by atoms with Crippen LogP contribution in [0.15, 0.2) is 48.5 Å². The number of amides is 1. The summed E-state index contributed by atoms with van der Waals surface area (Å²) in [4.78, 5) is 26.6. The van der Waals surface area contributed by atoms with Crippen LogP contribution in [0, 0.1) is 5.92 Å². The Balaban J connectivity index is 1.55. The lowest BCUT2D eigenvalue weighted by Crippen LogP contribution is -2.65. The summed E-state index contributed by atoms with van der Waals surface area (Å²) in [7, 11) is 1.56. The van der Waals surface area contributed by atoms with Gasteiger partial charge in [-0.3, -0.25) is 4.90 Å². The number of rotatable bonds is 5. The van der Waals surface area contributed by atoms with E-state index in [2.05, 4.69) is 29.6 Å². The van der Waals surface area contributed by atoms with Crippen LogP contribution in [0.5, 0.6) is 0 Å². The molecule has 1 amide bonds. The van der Waals surface area contributed by atoms with Crippen LogP contribution in [0.3, 0.4) is 0 Å². The smallest absolute Gasteiger partial charge is 0.410 e. The molecule has 0 aromatic heterocycles. The summed E-state index contributed by atoms with van der Waals surface area (Å²) in [6.07, 6.45) is 0.446. The van der Waals surface area contributed by atoms with Crippen molar-refractivity contribution in [2.45, 2.75) is 31.2 Å². The lowest BCUT2D eigenvalue weighted by Gasteiger charge is -2.46. The molecule has 6 heteroatoms. The largest absolute Gasteiger partial charge is 0.479 e. The Hall–Kier alpha value is -2.86. The summed E-state index contributed by atoms with van der Waals surface area (Å²) in [5, 5.41) is 13.3. The number of carbonyl (C=O) groups excluding carboxylic acids is 1. The van der Waals surface area contributed by atoms with Crippen molar-refractivity contribution in [1.82, 2.24) is 10.2 Å². The predicted molar refractivity (Wildman–Crippen MR) is 114 cm³/mol. The van der Waals surface area contributed by atoms with Gasteiger partial charge < -0.3 is 15.2 Å². The van der Waals surface area contributed by atoms with Crippen molar-refractivity contribution >= 4 is 12.1 Å². The number of hydrogen-bond donors (Lipinski definition) is 2. The fourth-order valence-corrected chi connectivity index (χ4v) is 5.13. The first kappa shape index (κ1) is 20.4. The molecule has 1 aliphatic heterocycles. The van der Waals surface area contributed by atoms with Crippen LogP contribution in [0.4, 0.5) is 4.79 Å².